The van der Waals surface area contributed by atoms with E-state index >= 15 is 0 Å². The van der Waals surface area contributed by atoms with Gasteiger partial charge in [0.25, 0.3) is 11.8 Å². The van der Waals surface area contributed by atoms with Gasteiger partial charge in [-0.05, 0) is 18.8 Å². The van der Waals surface area contributed by atoms with Crippen LogP contribution in [0.25, 0.3) is 0 Å². The minimum Gasteiger partial charge on any atom is -0.454 e. The zero-order chi connectivity index (χ0) is 19.5. The molecule has 8 nitrogen and oxygen atoms in total. The van der Waals surface area contributed by atoms with E-state index in [1.165, 1.54) is 0 Å². The van der Waals surface area contributed by atoms with Gasteiger partial charge in [0.05, 0.1) is 0 Å². The van der Waals surface area contributed by atoms with Crippen LogP contribution in [0.4, 0.5) is 18.0 Å². The summed E-state index contributed by atoms with van der Waals surface area (Å²) < 4.78 is 40.4. The number of carbonyl (C=O) groups is 4. The zero-order valence-corrected chi connectivity index (χ0v) is 14.1. The average Bonchev–Trinajstić information content (AvgIpc) is 2.78. The van der Waals surface area contributed by atoms with Gasteiger partial charge in [0.2, 0.25) is 0 Å². The van der Waals surface area contributed by atoms with E-state index in [4.69, 9.17) is 0 Å². The van der Waals surface area contributed by atoms with Gasteiger partial charge in [-0.2, -0.15) is 13.2 Å². The second-order valence-electron chi connectivity index (χ2n) is 6.49. The van der Waals surface area contributed by atoms with Crippen molar-refractivity contribution in [2.45, 2.75) is 44.3 Å². The van der Waals surface area contributed by atoms with Crippen LogP contribution in [-0.2, 0) is 19.1 Å². The molecule has 0 aromatic carbocycles. The number of ether oxygens (including phenoxy) is 1. The Bertz CT molecular complexity index is 610. The third-order valence-corrected chi connectivity index (χ3v) is 4.64. The molecule has 26 heavy (non-hydrogen) atoms. The van der Waals surface area contributed by atoms with Crippen molar-refractivity contribution >= 4 is 23.8 Å². The average molecular weight is 379 g/mol. The number of alkyl halides is 3. The highest BCUT2D eigenvalue weighted by atomic mass is 19.4. The SMILES string of the molecule is C[C@H]1CCCC[C@]12NC(=O)N(CC(=O)OCC(=O)NCC(F)(F)F)C2=O. The van der Waals surface area contributed by atoms with Gasteiger partial charge in [-0.1, -0.05) is 19.8 Å². The van der Waals surface area contributed by atoms with E-state index in [2.05, 4.69) is 10.1 Å². The molecule has 2 aliphatic rings. The minimum atomic E-state index is -4.58. The summed E-state index contributed by atoms with van der Waals surface area (Å²) >= 11 is 0. The first kappa shape index (κ1) is 20.0. The van der Waals surface area contributed by atoms with Gasteiger partial charge in [-0.15, -0.1) is 0 Å². The maximum Gasteiger partial charge on any atom is 0.405 e. The summed E-state index contributed by atoms with van der Waals surface area (Å²) in [7, 11) is 0. The molecule has 4 amide bonds. The molecule has 0 aromatic heterocycles. The highest BCUT2D eigenvalue weighted by Crippen LogP contribution is 2.38. The summed E-state index contributed by atoms with van der Waals surface area (Å²) in [5, 5.41) is 4.19. The first-order valence-corrected chi connectivity index (χ1v) is 8.18. The molecule has 0 bridgehead atoms. The molecule has 1 aliphatic heterocycles. The molecule has 0 aromatic rings. The highest BCUT2D eigenvalue weighted by Gasteiger charge is 2.55. The molecule has 0 radical (unpaired) electrons. The van der Waals surface area contributed by atoms with Crippen LogP contribution in [-0.4, -0.2) is 60.1 Å². The van der Waals surface area contributed by atoms with Crippen molar-refractivity contribution < 1.29 is 37.1 Å². The number of rotatable bonds is 5. The van der Waals surface area contributed by atoms with E-state index in [1.54, 1.807) is 5.32 Å². The van der Waals surface area contributed by atoms with Crippen LogP contribution in [0.1, 0.15) is 32.6 Å². The van der Waals surface area contributed by atoms with E-state index in [1.807, 2.05) is 6.92 Å². The molecule has 2 N–H and O–H groups in total. The Hall–Kier alpha value is -2.33. The normalized spacial score (nSPS) is 26.0. The number of nitrogens with one attached hydrogen (secondary N) is 2. The van der Waals surface area contributed by atoms with Crippen LogP contribution in [0.15, 0.2) is 0 Å². The minimum absolute atomic E-state index is 0.0816. The first-order valence-electron chi connectivity index (χ1n) is 8.18. The fourth-order valence-electron chi connectivity index (χ4n) is 3.21. The summed E-state index contributed by atoms with van der Waals surface area (Å²) in [6.07, 6.45) is -1.62. The van der Waals surface area contributed by atoms with E-state index in [0.29, 0.717) is 6.42 Å². The van der Waals surface area contributed by atoms with Crippen molar-refractivity contribution in [3.8, 4) is 0 Å². The summed E-state index contributed by atoms with van der Waals surface area (Å²) in [6.45, 7) is -1.33. The molecule has 1 spiro atoms. The number of amides is 4. The Kier molecular flexibility index (Phi) is 5.77. The number of urea groups is 1. The topological polar surface area (TPSA) is 105 Å². The Morgan fingerprint density at radius 1 is 1.35 bits per heavy atom. The van der Waals surface area contributed by atoms with E-state index < -0.39 is 55.2 Å². The van der Waals surface area contributed by atoms with Crippen molar-refractivity contribution in [2.75, 3.05) is 19.7 Å². The predicted molar refractivity (Wildman–Crippen MR) is 80.6 cm³/mol. The molecule has 1 aliphatic carbocycles. The van der Waals surface area contributed by atoms with Gasteiger partial charge in [0.15, 0.2) is 6.61 Å². The maximum absolute atomic E-state index is 12.6. The molecule has 1 heterocycles. The number of carbonyl (C=O) groups excluding carboxylic acids is 4. The number of imide groups is 1. The van der Waals surface area contributed by atoms with Gasteiger partial charge in [0.1, 0.15) is 18.6 Å². The van der Waals surface area contributed by atoms with Gasteiger partial charge in [-0.25, -0.2) is 4.79 Å². The Morgan fingerprint density at radius 2 is 2.04 bits per heavy atom. The van der Waals surface area contributed by atoms with Gasteiger partial charge < -0.3 is 15.4 Å². The third kappa shape index (κ3) is 4.44. The van der Waals surface area contributed by atoms with Crippen molar-refractivity contribution in [3.05, 3.63) is 0 Å². The van der Waals surface area contributed by atoms with Crippen molar-refractivity contribution in [1.82, 2.24) is 15.5 Å². The smallest absolute Gasteiger partial charge is 0.405 e. The zero-order valence-electron chi connectivity index (χ0n) is 14.1. The molecule has 11 heteroatoms. The number of esters is 1. The van der Waals surface area contributed by atoms with Crippen LogP contribution >= 0.6 is 0 Å². The van der Waals surface area contributed by atoms with Crippen molar-refractivity contribution in [1.29, 1.82) is 0 Å². The fourth-order valence-corrected chi connectivity index (χ4v) is 3.21. The lowest BCUT2D eigenvalue weighted by Crippen LogP contribution is -2.54. The number of halogens is 3. The largest absolute Gasteiger partial charge is 0.454 e. The molecule has 1 saturated carbocycles. The first-order chi connectivity index (χ1) is 12.0. The van der Waals surface area contributed by atoms with Crippen LogP contribution in [0.2, 0.25) is 0 Å². The summed E-state index contributed by atoms with van der Waals surface area (Å²) in [6, 6.07) is -0.720. The Morgan fingerprint density at radius 3 is 2.65 bits per heavy atom. The Balaban J connectivity index is 1.86. The van der Waals surface area contributed by atoms with Crippen molar-refractivity contribution in [2.24, 2.45) is 5.92 Å². The van der Waals surface area contributed by atoms with Gasteiger partial charge in [0, 0.05) is 0 Å². The molecular weight excluding hydrogens is 359 g/mol. The molecule has 146 valence electrons. The lowest BCUT2D eigenvalue weighted by molar-refractivity contribution is -0.153. The molecule has 2 atom stereocenters. The van der Waals surface area contributed by atoms with E-state index in [-0.39, 0.29) is 5.92 Å². The molecule has 2 fully saturated rings. The number of nitrogens with zero attached hydrogens (tertiary/aromatic N) is 1. The summed E-state index contributed by atoms with van der Waals surface area (Å²) in [5.74, 6) is -2.79. The second-order valence-corrected chi connectivity index (χ2v) is 6.49. The predicted octanol–water partition coefficient (Wildman–Crippen LogP) is 0.709. The molecule has 1 saturated heterocycles. The lowest BCUT2D eigenvalue weighted by Gasteiger charge is -2.36. The number of hydrogen-bond donors (Lipinski definition) is 2. The standard InChI is InChI=1S/C15H20F3N3O5/c1-9-4-2-3-5-14(9)12(24)21(13(25)20-14)6-11(23)26-7-10(22)19-8-15(16,17)18/h9H,2-8H2,1H3,(H,19,22)(H,20,25)/t9-,14-/m0/s1. The lowest BCUT2D eigenvalue weighted by atomic mass is 9.73. The second kappa shape index (κ2) is 7.50. The van der Waals surface area contributed by atoms with E-state index in [9.17, 15) is 32.3 Å². The third-order valence-electron chi connectivity index (χ3n) is 4.64. The fraction of sp³-hybridized carbons (Fsp3) is 0.733. The molecule has 0 unspecified atom stereocenters. The van der Waals surface area contributed by atoms with Crippen LogP contribution in [0.3, 0.4) is 0 Å². The summed E-state index contributed by atoms with van der Waals surface area (Å²) in [4.78, 5) is 48.4. The maximum atomic E-state index is 12.6. The van der Waals surface area contributed by atoms with Crippen LogP contribution in [0, 0.1) is 5.92 Å². The van der Waals surface area contributed by atoms with Gasteiger partial charge in [-0.3, -0.25) is 19.3 Å². The van der Waals surface area contributed by atoms with Crippen molar-refractivity contribution in [3.63, 3.8) is 0 Å². The highest BCUT2D eigenvalue weighted by molar-refractivity contribution is 6.09. The summed E-state index contributed by atoms with van der Waals surface area (Å²) in [5.41, 5.74) is -1.03. The van der Waals surface area contributed by atoms with Crippen LogP contribution in [0.5, 0.6) is 0 Å². The Labute approximate surface area is 147 Å². The number of hydrogen-bond acceptors (Lipinski definition) is 5. The monoisotopic (exact) mass is 379 g/mol. The van der Waals surface area contributed by atoms with Crippen LogP contribution < -0.4 is 10.6 Å². The van der Waals surface area contributed by atoms with Gasteiger partial charge >= 0.3 is 18.2 Å². The quantitative estimate of drug-likeness (QED) is 0.541. The molecule has 2 rings (SSSR count). The van der Waals surface area contributed by atoms with E-state index in [0.717, 1.165) is 24.2 Å². The molecular formula is C15H20F3N3O5.